The van der Waals surface area contributed by atoms with Gasteiger partial charge in [0.1, 0.15) is 6.54 Å². The summed E-state index contributed by atoms with van der Waals surface area (Å²) in [6, 6.07) is 0. The Morgan fingerprint density at radius 1 is 1.25 bits per heavy atom. The highest BCUT2D eigenvalue weighted by Crippen LogP contribution is 2.11. The predicted octanol–water partition coefficient (Wildman–Crippen LogP) is 2.24. The average Bonchev–Trinajstić information content (AvgIpc) is 2.73. The molecule has 1 aliphatic heterocycles. The quantitative estimate of drug-likeness (QED) is 0.570. The molecule has 0 aliphatic carbocycles. The molecular formula is C11H23N3O2. The molecule has 94 valence electrons. The topological polar surface area (TPSA) is 46.4 Å². The first kappa shape index (κ1) is 13.4. The van der Waals surface area contributed by atoms with Gasteiger partial charge in [0.25, 0.3) is 0 Å². The summed E-state index contributed by atoms with van der Waals surface area (Å²) in [5.41, 5.74) is 0. The van der Waals surface area contributed by atoms with Crippen LogP contribution < -0.4 is 0 Å². The highest BCUT2D eigenvalue weighted by Gasteiger charge is 2.21. The van der Waals surface area contributed by atoms with Gasteiger partial charge in [-0.2, -0.15) is 5.11 Å². The van der Waals surface area contributed by atoms with E-state index in [1.165, 1.54) is 12.8 Å². The molecule has 5 heteroatoms. The summed E-state index contributed by atoms with van der Waals surface area (Å²) in [6.07, 6.45) is 3.58. The van der Waals surface area contributed by atoms with E-state index in [-0.39, 0.29) is 6.23 Å². The van der Waals surface area contributed by atoms with Crippen molar-refractivity contribution in [3.8, 4) is 0 Å². The van der Waals surface area contributed by atoms with Crippen molar-refractivity contribution in [3.63, 3.8) is 0 Å². The van der Waals surface area contributed by atoms with Gasteiger partial charge in [0.2, 0.25) is 0 Å². The highest BCUT2D eigenvalue weighted by molar-refractivity contribution is 4.65. The van der Waals surface area contributed by atoms with Gasteiger partial charge in [0.05, 0.1) is 13.2 Å². The molecule has 0 aromatic carbocycles. The van der Waals surface area contributed by atoms with Crippen LogP contribution in [0.4, 0.5) is 0 Å². The maximum absolute atomic E-state index is 5.73. The fraction of sp³-hybridized carbons (Fsp3) is 1.00. The minimum Gasteiger partial charge on any atom is -0.380 e. The molecule has 0 bridgehead atoms. The second-order valence-corrected chi connectivity index (χ2v) is 3.81. The predicted molar refractivity (Wildman–Crippen MR) is 62.2 cm³/mol. The zero-order valence-corrected chi connectivity index (χ0v) is 10.4. The van der Waals surface area contributed by atoms with Crippen molar-refractivity contribution in [2.45, 2.75) is 39.3 Å². The molecule has 0 spiro atoms. The van der Waals surface area contributed by atoms with Gasteiger partial charge >= 0.3 is 0 Å². The lowest BCUT2D eigenvalue weighted by atomic mass is 10.3. The van der Waals surface area contributed by atoms with Crippen LogP contribution in [-0.2, 0) is 9.47 Å². The van der Waals surface area contributed by atoms with Gasteiger partial charge < -0.3 is 9.47 Å². The van der Waals surface area contributed by atoms with E-state index < -0.39 is 0 Å². The van der Waals surface area contributed by atoms with Gasteiger partial charge in [-0.3, -0.25) is 0 Å². The van der Waals surface area contributed by atoms with Crippen LogP contribution >= 0.6 is 0 Å². The molecule has 0 amide bonds. The maximum Gasteiger partial charge on any atom is 0.168 e. The molecule has 0 aromatic rings. The monoisotopic (exact) mass is 229 g/mol. The SMILES string of the molecule is CCCCCOC1CN=NN1CCOCC. The zero-order chi connectivity index (χ0) is 11.6. The van der Waals surface area contributed by atoms with Gasteiger partial charge in [-0.25, -0.2) is 5.01 Å². The summed E-state index contributed by atoms with van der Waals surface area (Å²) in [4.78, 5) is 0. The first-order chi connectivity index (χ1) is 7.88. The number of rotatable bonds is 9. The number of unbranched alkanes of at least 4 members (excludes halogenated alkanes) is 2. The van der Waals surface area contributed by atoms with E-state index in [4.69, 9.17) is 9.47 Å². The molecule has 16 heavy (non-hydrogen) atoms. The molecule has 0 fully saturated rings. The van der Waals surface area contributed by atoms with Crippen molar-refractivity contribution >= 4 is 0 Å². The molecule has 0 radical (unpaired) electrons. The fourth-order valence-corrected chi connectivity index (χ4v) is 1.54. The van der Waals surface area contributed by atoms with Gasteiger partial charge in [-0.1, -0.05) is 25.0 Å². The van der Waals surface area contributed by atoms with Crippen LogP contribution in [0.3, 0.4) is 0 Å². The zero-order valence-electron chi connectivity index (χ0n) is 10.4. The molecule has 0 aromatic heterocycles. The Morgan fingerprint density at radius 3 is 2.88 bits per heavy atom. The van der Waals surface area contributed by atoms with Crippen molar-refractivity contribution in [3.05, 3.63) is 0 Å². The minimum absolute atomic E-state index is 0.0253. The second kappa shape index (κ2) is 8.47. The van der Waals surface area contributed by atoms with Crippen molar-refractivity contribution < 1.29 is 9.47 Å². The van der Waals surface area contributed by atoms with Crippen LogP contribution in [0.2, 0.25) is 0 Å². The van der Waals surface area contributed by atoms with Gasteiger partial charge in [-0.15, -0.1) is 0 Å². The van der Waals surface area contributed by atoms with E-state index in [0.29, 0.717) is 13.2 Å². The van der Waals surface area contributed by atoms with E-state index in [1.54, 1.807) is 0 Å². The van der Waals surface area contributed by atoms with E-state index >= 15 is 0 Å². The third kappa shape index (κ3) is 4.90. The summed E-state index contributed by atoms with van der Waals surface area (Å²) in [5, 5.41) is 9.91. The third-order valence-corrected chi connectivity index (χ3v) is 2.48. The Balaban J connectivity index is 2.10. The van der Waals surface area contributed by atoms with Gasteiger partial charge in [0.15, 0.2) is 6.23 Å². The number of ether oxygens (including phenoxy) is 2. The van der Waals surface area contributed by atoms with Crippen molar-refractivity contribution in [2.75, 3.05) is 32.9 Å². The normalized spacial score (nSPS) is 19.6. The molecule has 1 aliphatic rings. The summed E-state index contributed by atoms with van der Waals surface area (Å²) in [6.45, 7) is 7.82. The molecule has 1 heterocycles. The Bertz CT molecular complexity index is 200. The van der Waals surface area contributed by atoms with Crippen molar-refractivity contribution in [1.29, 1.82) is 0 Å². The molecule has 1 unspecified atom stereocenters. The lowest BCUT2D eigenvalue weighted by Gasteiger charge is -2.21. The highest BCUT2D eigenvalue weighted by atomic mass is 16.5. The molecule has 1 rings (SSSR count). The van der Waals surface area contributed by atoms with Gasteiger partial charge in [0, 0.05) is 13.2 Å². The molecular weight excluding hydrogens is 206 g/mol. The van der Waals surface area contributed by atoms with Crippen LogP contribution in [-0.4, -0.2) is 44.1 Å². The number of hydrogen-bond acceptors (Lipinski definition) is 5. The largest absolute Gasteiger partial charge is 0.380 e. The van der Waals surface area contributed by atoms with E-state index in [9.17, 15) is 0 Å². The third-order valence-electron chi connectivity index (χ3n) is 2.48. The molecule has 0 saturated carbocycles. The summed E-state index contributed by atoms with van der Waals surface area (Å²) >= 11 is 0. The first-order valence-electron chi connectivity index (χ1n) is 6.21. The summed E-state index contributed by atoms with van der Waals surface area (Å²) < 4.78 is 11.0. The molecule has 5 nitrogen and oxygen atoms in total. The van der Waals surface area contributed by atoms with E-state index in [2.05, 4.69) is 17.3 Å². The Labute approximate surface area is 97.8 Å². The Hall–Kier alpha value is -0.680. The maximum atomic E-state index is 5.73. The van der Waals surface area contributed by atoms with E-state index in [1.807, 2.05) is 11.9 Å². The van der Waals surface area contributed by atoms with Crippen LogP contribution in [0.1, 0.15) is 33.1 Å². The Morgan fingerprint density at radius 2 is 2.12 bits per heavy atom. The van der Waals surface area contributed by atoms with Crippen molar-refractivity contribution in [1.82, 2.24) is 5.01 Å². The first-order valence-corrected chi connectivity index (χ1v) is 6.21. The molecule has 0 N–H and O–H groups in total. The molecule has 0 saturated heterocycles. The van der Waals surface area contributed by atoms with Crippen molar-refractivity contribution in [2.24, 2.45) is 10.3 Å². The van der Waals surface area contributed by atoms with Crippen LogP contribution in [0, 0.1) is 0 Å². The van der Waals surface area contributed by atoms with Crippen LogP contribution in [0.25, 0.3) is 0 Å². The summed E-state index contributed by atoms with van der Waals surface area (Å²) in [7, 11) is 0. The standard InChI is InChI=1S/C11H23N3O2/c1-3-5-6-8-16-11-10-12-13-14(11)7-9-15-4-2/h11H,3-10H2,1-2H3. The number of hydrogen-bond donors (Lipinski definition) is 0. The Kier molecular flexibility index (Phi) is 7.09. The lowest BCUT2D eigenvalue weighted by Crippen LogP contribution is -2.34. The average molecular weight is 229 g/mol. The lowest BCUT2D eigenvalue weighted by molar-refractivity contribution is -0.0473. The smallest absolute Gasteiger partial charge is 0.168 e. The summed E-state index contributed by atoms with van der Waals surface area (Å²) in [5.74, 6) is 0. The van der Waals surface area contributed by atoms with E-state index in [0.717, 1.165) is 26.2 Å². The minimum atomic E-state index is 0.0253. The van der Waals surface area contributed by atoms with Gasteiger partial charge in [-0.05, 0) is 13.3 Å². The second-order valence-electron chi connectivity index (χ2n) is 3.81. The van der Waals surface area contributed by atoms with Crippen LogP contribution in [0.15, 0.2) is 10.3 Å². The fourth-order valence-electron chi connectivity index (χ4n) is 1.54. The number of nitrogens with zero attached hydrogens (tertiary/aromatic N) is 3. The molecule has 1 atom stereocenters. The van der Waals surface area contributed by atoms with Crippen LogP contribution in [0.5, 0.6) is 0 Å².